The summed E-state index contributed by atoms with van der Waals surface area (Å²) < 4.78 is 5.17. The maximum Gasteiger partial charge on any atom is 0.326 e. The van der Waals surface area contributed by atoms with Gasteiger partial charge in [0, 0.05) is 23.5 Å². The fraction of sp³-hybridized carbons (Fsp3) is 0.235. The lowest BCUT2D eigenvalue weighted by Crippen LogP contribution is -2.39. The van der Waals surface area contributed by atoms with Gasteiger partial charge in [0.15, 0.2) is 0 Å². The van der Waals surface area contributed by atoms with Crippen molar-refractivity contribution < 1.29 is 9.53 Å². The number of fused-ring (bicyclic) bond motifs is 1. The number of benzene rings is 2. The van der Waals surface area contributed by atoms with Crippen LogP contribution < -0.4 is 15.0 Å². The highest BCUT2D eigenvalue weighted by atomic mass is 16.5. The number of methoxy groups -OCH3 is 1. The number of anilines is 2. The van der Waals surface area contributed by atoms with Gasteiger partial charge in [-0.3, -0.25) is 4.90 Å². The Labute approximate surface area is 124 Å². The Bertz CT molecular complexity index is 669. The summed E-state index contributed by atoms with van der Waals surface area (Å²) in [6.45, 7) is 2.06. The summed E-state index contributed by atoms with van der Waals surface area (Å²) >= 11 is 0. The summed E-state index contributed by atoms with van der Waals surface area (Å²) in [5.74, 6) is 0.725. The number of hydrogen-bond donors (Lipinski definition) is 1. The average Bonchev–Trinajstić information content (AvgIpc) is 2.83. The van der Waals surface area contributed by atoms with Crippen molar-refractivity contribution in [3.63, 3.8) is 0 Å². The molecule has 1 aliphatic heterocycles. The van der Waals surface area contributed by atoms with Crippen molar-refractivity contribution in [2.24, 2.45) is 0 Å². The lowest BCUT2D eigenvalue weighted by Gasteiger charge is -2.23. The molecular weight excluding hydrogens is 264 g/mol. The standard InChI is InChI=1S/C17H18N2O2/c1-12-10-13-6-3-4-9-16(13)19(12)17(20)18-14-7-5-8-15(11-14)21-2/h3-9,11-12H,10H2,1-2H3,(H,18,20). The van der Waals surface area contributed by atoms with Crippen LogP contribution in [-0.4, -0.2) is 19.2 Å². The minimum atomic E-state index is -0.110. The van der Waals surface area contributed by atoms with E-state index in [0.717, 1.165) is 23.5 Å². The number of para-hydroxylation sites is 1. The number of rotatable bonds is 2. The third kappa shape index (κ3) is 2.57. The Hall–Kier alpha value is -2.49. The van der Waals surface area contributed by atoms with E-state index >= 15 is 0 Å². The SMILES string of the molecule is COc1cccc(NC(=O)N2c3ccccc3CC2C)c1. The molecule has 1 N–H and O–H groups in total. The molecule has 3 rings (SSSR count). The highest BCUT2D eigenvalue weighted by Crippen LogP contribution is 2.32. The molecule has 2 amide bonds. The van der Waals surface area contributed by atoms with Crippen LogP contribution >= 0.6 is 0 Å². The van der Waals surface area contributed by atoms with E-state index in [4.69, 9.17) is 4.74 Å². The van der Waals surface area contributed by atoms with Gasteiger partial charge in [-0.05, 0) is 37.1 Å². The number of urea groups is 1. The zero-order valence-electron chi connectivity index (χ0n) is 12.2. The van der Waals surface area contributed by atoms with Gasteiger partial charge in [0.05, 0.1) is 7.11 Å². The number of carbonyl (C=O) groups excluding carboxylic acids is 1. The van der Waals surface area contributed by atoms with Crippen LogP contribution in [0, 0.1) is 0 Å². The van der Waals surface area contributed by atoms with Crippen LogP contribution in [0.3, 0.4) is 0 Å². The molecule has 2 aromatic carbocycles. The van der Waals surface area contributed by atoms with Gasteiger partial charge in [0.1, 0.15) is 5.75 Å². The molecule has 4 nitrogen and oxygen atoms in total. The normalized spacial score (nSPS) is 16.5. The fourth-order valence-corrected chi connectivity index (χ4v) is 2.76. The number of nitrogens with zero attached hydrogens (tertiary/aromatic N) is 1. The van der Waals surface area contributed by atoms with Crippen LogP contribution in [0.2, 0.25) is 0 Å². The van der Waals surface area contributed by atoms with Gasteiger partial charge in [-0.2, -0.15) is 0 Å². The van der Waals surface area contributed by atoms with Gasteiger partial charge in [-0.1, -0.05) is 24.3 Å². The summed E-state index contributed by atoms with van der Waals surface area (Å²) in [5, 5.41) is 2.94. The molecule has 2 aromatic rings. The number of ether oxygens (including phenoxy) is 1. The van der Waals surface area contributed by atoms with Crippen molar-refractivity contribution in [3.8, 4) is 5.75 Å². The summed E-state index contributed by atoms with van der Waals surface area (Å²) in [7, 11) is 1.61. The minimum absolute atomic E-state index is 0.110. The van der Waals surface area contributed by atoms with E-state index in [0.29, 0.717) is 0 Å². The Morgan fingerprint density at radius 1 is 1.24 bits per heavy atom. The zero-order valence-corrected chi connectivity index (χ0v) is 12.2. The molecule has 0 aliphatic carbocycles. The summed E-state index contributed by atoms with van der Waals surface area (Å²) in [6.07, 6.45) is 0.891. The number of carbonyl (C=O) groups is 1. The van der Waals surface area contributed by atoms with Crippen molar-refractivity contribution in [3.05, 3.63) is 54.1 Å². The first kappa shape index (κ1) is 13.5. The van der Waals surface area contributed by atoms with E-state index in [2.05, 4.69) is 18.3 Å². The van der Waals surface area contributed by atoms with E-state index in [-0.39, 0.29) is 12.1 Å². The molecule has 108 valence electrons. The topological polar surface area (TPSA) is 41.6 Å². The molecule has 0 fully saturated rings. The van der Waals surface area contributed by atoms with E-state index in [1.165, 1.54) is 5.56 Å². The second kappa shape index (κ2) is 5.48. The minimum Gasteiger partial charge on any atom is -0.497 e. The number of nitrogens with one attached hydrogen (secondary N) is 1. The van der Waals surface area contributed by atoms with Crippen LogP contribution in [0.5, 0.6) is 5.75 Å². The van der Waals surface area contributed by atoms with Crippen molar-refractivity contribution in [2.75, 3.05) is 17.3 Å². The third-order valence-corrected chi connectivity index (χ3v) is 3.75. The van der Waals surface area contributed by atoms with Gasteiger partial charge < -0.3 is 10.1 Å². The first-order valence-electron chi connectivity index (χ1n) is 7.01. The molecule has 1 unspecified atom stereocenters. The highest BCUT2D eigenvalue weighted by Gasteiger charge is 2.30. The van der Waals surface area contributed by atoms with E-state index in [9.17, 15) is 4.79 Å². The fourth-order valence-electron chi connectivity index (χ4n) is 2.76. The molecule has 1 aliphatic rings. The monoisotopic (exact) mass is 282 g/mol. The van der Waals surface area contributed by atoms with Crippen molar-refractivity contribution in [1.29, 1.82) is 0 Å². The Morgan fingerprint density at radius 3 is 2.86 bits per heavy atom. The van der Waals surface area contributed by atoms with Gasteiger partial charge >= 0.3 is 6.03 Å². The molecule has 0 bridgehead atoms. The third-order valence-electron chi connectivity index (χ3n) is 3.75. The van der Waals surface area contributed by atoms with E-state index in [1.54, 1.807) is 7.11 Å². The second-order valence-corrected chi connectivity index (χ2v) is 5.21. The van der Waals surface area contributed by atoms with Gasteiger partial charge in [-0.25, -0.2) is 4.79 Å². The summed E-state index contributed by atoms with van der Waals surface area (Å²) in [5.41, 5.74) is 2.94. The zero-order chi connectivity index (χ0) is 14.8. The Morgan fingerprint density at radius 2 is 2.05 bits per heavy atom. The van der Waals surface area contributed by atoms with Crippen LogP contribution in [0.4, 0.5) is 16.2 Å². The van der Waals surface area contributed by atoms with Crippen molar-refractivity contribution in [2.45, 2.75) is 19.4 Å². The van der Waals surface area contributed by atoms with Gasteiger partial charge in [0.2, 0.25) is 0 Å². The molecule has 21 heavy (non-hydrogen) atoms. The number of amides is 2. The smallest absolute Gasteiger partial charge is 0.326 e. The van der Waals surface area contributed by atoms with Gasteiger partial charge in [0.25, 0.3) is 0 Å². The Kier molecular flexibility index (Phi) is 3.52. The Balaban J connectivity index is 1.82. The van der Waals surface area contributed by atoms with E-state index < -0.39 is 0 Å². The van der Waals surface area contributed by atoms with Crippen LogP contribution in [0.15, 0.2) is 48.5 Å². The first-order valence-corrected chi connectivity index (χ1v) is 7.01. The molecule has 0 aromatic heterocycles. The molecule has 0 spiro atoms. The van der Waals surface area contributed by atoms with Crippen LogP contribution in [-0.2, 0) is 6.42 Å². The van der Waals surface area contributed by atoms with Gasteiger partial charge in [-0.15, -0.1) is 0 Å². The highest BCUT2D eigenvalue weighted by molar-refractivity contribution is 6.03. The molecule has 0 radical (unpaired) electrons. The molecular formula is C17H18N2O2. The second-order valence-electron chi connectivity index (χ2n) is 5.21. The van der Waals surface area contributed by atoms with Crippen molar-refractivity contribution in [1.82, 2.24) is 0 Å². The summed E-state index contributed by atoms with van der Waals surface area (Å²) in [6, 6.07) is 15.5. The average molecular weight is 282 g/mol. The number of hydrogen-bond acceptors (Lipinski definition) is 2. The van der Waals surface area contributed by atoms with Crippen molar-refractivity contribution >= 4 is 17.4 Å². The molecule has 0 saturated carbocycles. The lowest BCUT2D eigenvalue weighted by atomic mass is 10.1. The molecule has 1 atom stereocenters. The van der Waals surface area contributed by atoms with E-state index in [1.807, 2.05) is 47.4 Å². The molecule has 1 heterocycles. The maximum absolute atomic E-state index is 12.6. The predicted molar refractivity (Wildman–Crippen MR) is 84.1 cm³/mol. The maximum atomic E-state index is 12.6. The molecule has 0 saturated heterocycles. The lowest BCUT2D eigenvalue weighted by molar-refractivity contribution is 0.256. The van der Waals surface area contributed by atoms with Crippen LogP contribution in [0.25, 0.3) is 0 Å². The quantitative estimate of drug-likeness (QED) is 0.913. The first-order chi connectivity index (χ1) is 10.2. The molecule has 4 heteroatoms. The van der Waals surface area contributed by atoms with Crippen LogP contribution in [0.1, 0.15) is 12.5 Å². The predicted octanol–water partition coefficient (Wildman–Crippen LogP) is 3.68. The summed E-state index contributed by atoms with van der Waals surface area (Å²) in [4.78, 5) is 14.4. The largest absolute Gasteiger partial charge is 0.497 e.